The van der Waals surface area contributed by atoms with E-state index in [-0.39, 0.29) is 0 Å². The quantitative estimate of drug-likeness (QED) is 0.756. The molecular formula is C15H15Cl2NO2S. The first kappa shape index (κ1) is 16.1. The molecule has 0 amide bonds. The molecule has 0 aliphatic carbocycles. The minimum atomic E-state index is -0.574. The van der Waals surface area contributed by atoms with E-state index < -0.39 is 11.6 Å². The summed E-state index contributed by atoms with van der Waals surface area (Å²) in [5, 5.41) is 1.03. The van der Waals surface area contributed by atoms with Crippen LogP contribution in [-0.2, 0) is 4.74 Å². The minimum absolute atomic E-state index is 0.357. The highest BCUT2D eigenvalue weighted by Gasteiger charge is 2.23. The van der Waals surface area contributed by atoms with Crippen LogP contribution in [-0.4, -0.2) is 11.6 Å². The number of carbonyl (C=O) groups is 1. The summed E-state index contributed by atoms with van der Waals surface area (Å²) >= 11 is 13.6. The Morgan fingerprint density at radius 1 is 1.24 bits per heavy atom. The number of carbonyl (C=O) groups excluding carboxylic acids is 1. The molecule has 1 aromatic heterocycles. The molecule has 0 saturated heterocycles. The number of halogens is 2. The van der Waals surface area contributed by atoms with Gasteiger partial charge in [0.2, 0.25) is 0 Å². The van der Waals surface area contributed by atoms with Crippen LogP contribution in [0.5, 0.6) is 0 Å². The summed E-state index contributed by atoms with van der Waals surface area (Å²) in [5.41, 5.74) is 6.38. The van der Waals surface area contributed by atoms with Crippen LogP contribution in [0.25, 0.3) is 10.4 Å². The van der Waals surface area contributed by atoms with E-state index in [9.17, 15) is 4.79 Å². The molecule has 0 fully saturated rings. The fourth-order valence-corrected chi connectivity index (χ4v) is 3.49. The van der Waals surface area contributed by atoms with E-state index in [2.05, 4.69) is 0 Å². The van der Waals surface area contributed by atoms with Gasteiger partial charge >= 0.3 is 5.97 Å². The third-order valence-corrected chi connectivity index (χ3v) is 4.33. The first-order chi connectivity index (χ1) is 9.69. The molecule has 0 spiro atoms. The van der Waals surface area contributed by atoms with E-state index in [4.69, 9.17) is 33.7 Å². The molecule has 112 valence electrons. The molecule has 0 radical (unpaired) electrons. The summed E-state index contributed by atoms with van der Waals surface area (Å²) in [6.45, 7) is 5.42. The normalized spacial score (nSPS) is 11.5. The molecule has 0 aliphatic rings. The minimum Gasteiger partial charge on any atom is -0.456 e. The fraction of sp³-hybridized carbons (Fsp3) is 0.267. The van der Waals surface area contributed by atoms with Gasteiger partial charge in [-0.1, -0.05) is 29.3 Å². The van der Waals surface area contributed by atoms with E-state index in [0.29, 0.717) is 26.2 Å². The second-order valence-corrected chi connectivity index (χ2v) is 7.36. The lowest BCUT2D eigenvalue weighted by molar-refractivity contribution is 0.00764. The number of thiophene rings is 1. The van der Waals surface area contributed by atoms with Crippen molar-refractivity contribution in [3.63, 3.8) is 0 Å². The maximum absolute atomic E-state index is 12.1. The zero-order valence-electron chi connectivity index (χ0n) is 11.9. The Hall–Kier alpha value is -1.23. The van der Waals surface area contributed by atoms with E-state index in [1.807, 2.05) is 0 Å². The van der Waals surface area contributed by atoms with Crippen molar-refractivity contribution >= 4 is 46.2 Å². The average Bonchev–Trinajstić information content (AvgIpc) is 2.68. The topological polar surface area (TPSA) is 52.3 Å². The number of rotatable bonds is 2. The zero-order valence-corrected chi connectivity index (χ0v) is 14.2. The first-order valence-electron chi connectivity index (χ1n) is 6.26. The second-order valence-electron chi connectivity index (χ2n) is 5.49. The number of nitrogens with two attached hydrogens (primary N) is 1. The number of hydrogen-bond acceptors (Lipinski definition) is 4. The van der Waals surface area contributed by atoms with Crippen molar-refractivity contribution in [2.24, 2.45) is 0 Å². The molecule has 0 atom stereocenters. The van der Waals surface area contributed by atoms with Gasteiger partial charge in [-0.05, 0) is 39.0 Å². The van der Waals surface area contributed by atoms with Gasteiger partial charge in [-0.3, -0.25) is 0 Å². The number of nitrogen functional groups attached to an aromatic ring is 1. The van der Waals surface area contributed by atoms with Gasteiger partial charge in [-0.15, -0.1) is 11.3 Å². The van der Waals surface area contributed by atoms with Gasteiger partial charge in [0.25, 0.3) is 0 Å². The molecule has 3 nitrogen and oxygen atoms in total. The first-order valence-corrected chi connectivity index (χ1v) is 7.83. The van der Waals surface area contributed by atoms with Crippen molar-refractivity contribution < 1.29 is 9.53 Å². The lowest BCUT2D eigenvalue weighted by atomic mass is 10.2. The molecule has 0 bridgehead atoms. The largest absolute Gasteiger partial charge is 0.456 e. The molecule has 1 heterocycles. The smallest absolute Gasteiger partial charge is 0.350 e. The standard InChI is InChI=1S/C15H15Cl2NO2S/c1-15(2,3)20-14(19)13-10(18)7-11(21-13)12-8(16)5-4-6-9(12)17/h4-7H,18H2,1-3H3. The van der Waals surface area contributed by atoms with Crippen LogP contribution >= 0.6 is 34.5 Å². The summed E-state index contributed by atoms with van der Waals surface area (Å²) in [6, 6.07) is 6.94. The molecule has 21 heavy (non-hydrogen) atoms. The average molecular weight is 344 g/mol. The Balaban J connectivity index is 2.42. The molecule has 2 rings (SSSR count). The van der Waals surface area contributed by atoms with Crippen LogP contribution in [0.3, 0.4) is 0 Å². The van der Waals surface area contributed by atoms with E-state index in [1.165, 1.54) is 11.3 Å². The van der Waals surface area contributed by atoms with Crippen molar-refractivity contribution in [3.05, 3.63) is 39.2 Å². The number of hydrogen-bond donors (Lipinski definition) is 1. The Morgan fingerprint density at radius 3 is 2.33 bits per heavy atom. The Morgan fingerprint density at radius 2 is 1.81 bits per heavy atom. The summed E-state index contributed by atoms with van der Waals surface area (Å²) in [6.07, 6.45) is 0. The summed E-state index contributed by atoms with van der Waals surface area (Å²) in [4.78, 5) is 13.2. The van der Waals surface area contributed by atoms with Crippen LogP contribution in [0.2, 0.25) is 10.0 Å². The highest BCUT2D eigenvalue weighted by Crippen LogP contribution is 2.41. The number of esters is 1. The fourth-order valence-electron chi connectivity index (χ4n) is 1.75. The molecule has 0 saturated carbocycles. The summed E-state index contributed by atoms with van der Waals surface area (Å²) in [5.74, 6) is -0.445. The van der Waals surface area contributed by atoms with E-state index >= 15 is 0 Å². The third kappa shape index (κ3) is 3.70. The van der Waals surface area contributed by atoms with Crippen LogP contribution < -0.4 is 5.73 Å². The molecule has 2 N–H and O–H groups in total. The van der Waals surface area contributed by atoms with Gasteiger partial charge in [0, 0.05) is 10.4 Å². The number of anilines is 1. The highest BCUT2D eigenvalue weighted by molar-refractivity contribution is 7.18. The Kier molecular flexibility index (Phi) is 4.51. The van der Waals surface area contributed by atoms with Crippen LogP contribution in [0.1, 0.15) is 30.4 Å². The van der Waals surface area contributed by atoms with Crippen molar-refractivity contribution in [3.8, 4) is 10.4 Å². The van der Waals surface area contributed by atoms with Gasteiger partial charge in [-0.2, -0.15) is 0 Å². The van der Waals surface area contributed by atoms with Crippen LogP contribution in [0, 0.1) is 0 Å². The molecule has 0 unspecified atom stereocenters. The number of benzene rings is 1. The zero-order chi connectivity index (χ0) is 15.8. The lowest BCUT2D eigenvalue weighted by Gasteiger charge is -2.18. The van der Waals surface area contributed by atoms with Gasteiger partial charge in [-0.25, -0.2) is 4.79 Å². The maximum Gasteiger partial charge on any atom is 0.350 e. The molecule has 1 aromatic carbocycles. The predicted octanol–water partition coefficient (Wildman–Crippen LogP) is 5.26. The SMILES string of the molecule is CC(C)(C)OC(=O)c1sc(-c2c(Cl)cccc2Cl)cc1N. The van der Waals surface area contributed by atoms with Gasteiger partial charge in [0.05, 0.1) is 15.7 Å². The molecular weight excluding hydrogens is 329 g/mol. The van der Waals surface area contributed by atoms with Gasteiger partial charge in [0.15, 0.2) is 0 Å². The van der Waals surface area contributed by atoms with Gasteiger partial charge in [0.1, 0.15) is 10.5 Å². The molecule has 2 aromatic rings. The van der Waals surface area contributed by atoms with E-state index in [0.717, 1.165) is 4.88 Å². The predicted molar refractivity (Wildman–Crippen MR) is 89.4 cm³/mol. The second kappa shape index (κ2) is 5.87. The van der Waals surface area contributed by atoms with Crippen LogP contribution in [0.4, 0.5) is 5.69 Å². The van der Waals surface area contributed by atoms with Crippen LogP contribution in [0.15, 0.2) is 24.3 Å². The maximum atomic E-state index is 12.1. The van der Waals surface area contributed by atoms with E-state index in [1.54, 1.807) is 45.0 Å². The number of ether oxygens (including phenoxy) is 1. The van der Waals surface area contributed by atoms with Crippen molar-refractivity contribution in [1.29, 1.82) is 0 Å². The molecule has 6 heteroatoms. The summed E-state index contributed by atoms with van der Waals surface area (Å²) in [7, 11) is 0. The van der Waals surface area contributed by atoms with Crippen molar-refractivity contribution in [2.75, 3.05) is 5.73 Å². The molecule has 0 aliphatic heterocycles. The van der Waals surface area contributed by atoms with Crippen molar-refractivity contribution in [2.45, 2.75) is 26.4 Å². The third-order valence-electron chi connectivity index (χ3n) is 2.55. The summed E-state index contributed by atoms with van der Waals surface area (Å²) < 4.78 is 5.34. The van der Waals surface area contributed by atoms with Crippen molar-refractivity contribution in [1.82, 2.24) is 0 Å². The van der Waals surface area contributed by atoms with Gasteiger partial charge < -0.3 is 10.5 Å². The highest BCUT2D eigenvalue weighted by atomic mass is 35.5. The Bertz CT molecular complexity index is 669. The monoisotopic (exact) mass is 343 g/mol. The Labute approximate surface area is 137 Å². The lowest BCUT2D eigenvalue weighted by Crippen LogP contribution is -2.23.